The first-order chi connectivity index (χ1) is 8.26. The molecule has 0 spiro atoms. The number of ether oxygens (including phenoxy) is 1. The topological polar surface area (TPSA) is 32.7 Å². The van der Waals surface area contributed by atoms with Gasteiger partial charge in [-0.05, 0) is 44.4 Å². The summed E-state index contributed by atoms with van der Waals surface area (Å²) < 4.78 is 5.50. The normalized spacial score (nSPS) is 36.5. The Kier molecular flexibility index (Phi) is 4.83. The largest absolute Gasteiger partial charge is 0.381 e. The molecule has 1 saturated heterocycles. The van der Waals surface area contributed by atoms with E-state index in [1.54, 1.807) is 0 Å². The fraction of sp³-hybridized carbons (Fsp3) is 1.00. The smallest absolute Gasteiger partial charge is 0.107 e. The Hall–Kier alpha value is -0.120. The van der Waals surface area contributed by atoms with Crippen molar-refractivity contribution in [1.29, 1.82) is 0 Å². The number of hydrogen-bond donors (Lipinski definition) is 1. The van der Waals surface area contributed by atoms with Gasteiger partial charge in [-0.15, -0.1) is 0 Å². The van der Waals surface area contributed by atoms with Gasteiger partial charge in [0.05, 0.1) is 6.10 Å². The number of nitrogens with zero attached hydrogens (tertiary/aromatic N) is 1. The summed E-state index contributed by atoms with van der Waals surface area (Å²) in [7, 11) is 1.83. The Morgan fingerprint density at radius 3 is 2.88 bits per heavy atom. The van der Waals surface area contributed by atoms with Crippen molar-refractivity contribution in [2.24, 2.45) is 5.92 Å². The minimum atomic E-state index is -0.216. The highest BCUT2D eigenvalue weighted by molar-refractivity contribution is 4.91. The molecule has 17 heavy (non-hydrogen) atoms. The molecule has 4 unspecified atom stereocenters. The van der Waals surface area contributed by atoms with Crippen molar-refractivity contribution in [3.8, 4) is 0 Å². The highest BCUT2D eigenvalue weighted by atomic mass is 16.5. The van der Waals surface area contributed by atoms with Crippen LogP contribution >= 0.6 is 0 Å². The van der Waals surface area contributed by atoms with Gasteiger partial charge in [-0.25, -0.2) is 0 Å². The molecule has 1 N–H and O–H groups in total. The van der Waals surface area contributed by atoms with E-state index in [1.807, 2.05) is 7.11 Å². The molecule has 1 aliphatic heterocycles. The Labute approximate surface area is 105 Å². The number of piperidine rings is 1. The number of fused-ring (bicyclic) bond motifs is 1. The summed E-state index contributed by atoms with van der Waals surface area (Å²) in [4.78, 5) is 2.36. The third-order valence-electron chi connectivity index (χ3n) is 4.57. The van der Waals surface area contributed by atoms with Crippen LogP contribution in [0.15, 0.2) is 0 Å². The Balaban J connectivity index is 1.96. The second-order valence-electron chi connectivity index (χ2n) is 5.65. The first-order valence-electron chi connectivity index (χ1n) is 7.22. The van der Waals surface area contributed by atoms with Crippen LogP contribution in [0.25, 0.3) is 0 Å². The van der Waals surface area contributed by atoms with Crippen LogP contribution in [0.2, 0.25) is 0 Å². The standard InChI is InChI=1S/C14H27NO2/c1-3-5-14(16)15-9-4-6-11-10-12(17-2)7-8-13(11)15/h11-14,16H,3-10H2,1-2H3. The third-order valence-corrected chi connectivity index (χ3v) is 4.57. The van der Waals surface area contributed by atoms with Gasteiger partial charge in [-0.3, -0.25) is 4.90 Å². The zero-order chi connectivity index (χ0) is 12.3. The van der Waals surface area contributed by atoms with Crippen molar-refractivity contribution in [1.82, 2.24) is 4.90 Å². The van der Waals surface area contributed by atoms with Gasteiger partial charge in [0.25, 0.3) is 0 Å². The summed E-state index contributed by atoms with van der Waals surface area (Å²) in [5.74, 6) is 0.744. The minimum Gasteiger partial charge on any atom is -0.381 e. The average molecular weight is 241 g/mol. The van der Waals surface area contributed by atoms with Gasteiger partial charge in [0, 0.05) is 19.7 Å². The van der Waals surface area contributed by atoms with Crippen LogP contribution in [0.4, 0.5) is 0 Å². The summed E-state index contributed by atoms with van der Waals surface area (Å²) in [6, 6.07) is 0.608. The SMILES string of the molecule is CCCC(O)N1CCCC2CC(OC)CCC21. The molecule has 0 aromatic rings. The molecular formula is C14H27NO2. The molecule has 1 saturated carbocycles. The molecule has 1 aliphatic carbocycles. The molecule has 3 heteroatoms. The Bertz CT molecular complexity index is 234. The lowest BCUT2D eigenvalue weighted by Crippen LogP contribution is -2.53. The third kappa shape index (κ3) is 3.01. The van der Waals surface area contributed by atoms with Gasteiger partial charge in [-0.1, -0.05) is 13.3 Å². The van der Waals surface area contributed by atoms with Gasteiger partial charge < -0.3 is 9.84 Å². The Morgan fingerprint density at radius 1 is 1.35 bits per heavy atom. The van der Waals surface area contributed by atoms with E-state index >= 15 is 0 Å². The van der Waals surface area contributed by atoms with Crippen LogP contribution in [0.5, 0.6) is 0 Å². The molecule has 0 aromatic carbocycles. The predicted octanol–water partition coefficient (Wildman–Crippen LogP) is 2.38. The van der Waals surface area contributed by atoms with Crippen molar-refractivity contribution in [2.45, 2.75) is 70.2 Å². The molecule has 0 radical (unpaired) electrons. The van der Waals surface area contributed by atoms with Gasteiger partial charge in [-0.2, -0.15) is 0 Å². The zero-order valence-corrected chi connectivity index (χ0v) is 11.3. The van der Waals surface area contributed by atoms with E-state index in [2.05, 4.69) is 11.8 Å². The monoisotopic (exact) mass is 241 g/mol. The van der Waals surface area contributed by atoms with E-state index in [4.69, 9.17) is 4.74 Å². The molecule has 1 heterocycles. The maximum Gasteiger partial charge on any atom is 0.107 e. The van der Waals surface area contributed by atoms with Crippen LogP contribution < -0.4 is 0 Å². The molecule has 100 valence electrons. The number of aliphatic hydroxyl groups is 1. The number of rotatable bonds is 4. The van der Waals surface area contributed by atoms with Crippen molar-refractivity contribution in [3.63, 3.8) is 0 Å². The lowest BCUT2D eigenvalue weighted by Gasteiger charge is -2.47. The maximum absolute atomic E-state index is 10.2. The van der Waals surface area contributed by atoms with Crippen LogP contribution in [-0.4, -0.2) is 42.0 Å². The van der Waals surface area contributed by atoms with E-state index in [1.165, 1.54) is 25.7 Å². The number of methoxy groups -OCH3 is 1. The quantitative estimate of drug-likeness (QED) is 0.820. The second-order valence-corrected chi connectivity index (χ2v) is 5.65. The summed E-state index contributed by atoms with van der Waals surface area (Å²) in [6.07, 6.45) is 8.32. The second kappa shape index (κ2) is 6.17. The predicted molar refractivity (Wildman–Crippen MR) is 68.8 cm³/mol. The van der Waals surface area contributed by atoms with Crippen LogP contribution in [0.3, 0.4) is 0 Å². The summed E-state index contributed by atoms with van der Waals surface area (Å²) >= 11 is 0. The first kappa shape index (κ1) is 13.3. The van der Waals surface area contributed by atoms with Crippen LogP contribution in [0, 0.1) is 5.92 Å². The fourth-order valence-corrected chi connectivity index (χ4v) is 3.66. The molecule has 2 fully saturated rings. The van der Waals surface area contributed by atoms with E-state index < -0.39 is 0 Å². The van der Waals surface area contributed by atoms with Gasteiger partial charge >= 0.3 is 0 Å². The van der Waals surface area contributed by atoms with E-state index in [-0.39, 0.29) is 6.23 Å². The zero-order valence-electron chi connectivity index (χ0n) is 11.3. The van der Waals surface area contributed by atoms with Crippen LogP contribution in [0.1, 0.15) is 51.9 Å². The van der Waals surface area contributed by atoms with Crippen molar-refractivity contribution in [2.75, 3.05) is 13.7 Å². The lowest BCUT2D eigenvalue weighted by molar-refractivity contribution is -0.0918. The minimum absolute atomic E-state index is 0.216. The maximum atomic E-state index is 10.2. The molecule has 0 aromatic heterocycles. The molecule has 3 nitrogen and oxygen atoms in total. The summed E-state index contributed by atoms with van der Waals surface area (Å²) in [6.45, 7) is 3.23. The summed E-state index contributed by atoms with van der Waals surface area (Å²) in [5.41, 5.74) is 0. The highest BCUT2D eigenvalue weighted by Crippen LogP contribution is 2.37. The van der Waals surface area contributed by atoms with Gasteiger partial charge in [0.2, 0.25) is 0 Å². The van der Waals surface area contributed by atoms with Gasteiger partial charge in [0.15, 0.2) is 0 Å². The highest BCUT2D eigenvalue weighted by Gasteiger charge is 2.38. The fourth-order valence-electron chi connectivity index (χ4n) is 3.66. The van der Waals surface area contributed by atoms with Crippen LogP contribution in [-0.2, 0) is 4.74 Å². The van der Waals surface area contributed by atoms with Gasteiger partial charge in [0.1, 0.15) is 6.23 Å². The molecular weight excluding hydrogens is 214 g/mol. The number of aliphatic hydroxyl groups excluding tert-OH is 1. The lowest BCUT2D eigenvalue weighted by atomic mass is 9.77. The molecule has 2 rings (SSSR count). The number of likely N-dealkylation sites (tertiary alicyclic amines) is 1. The van der Waals surface area contributed by atoms with E-state index in [0.29, 0.717) is 12.1 Å². The molecule has 2 aliphatic rings. The molecule has 0 amide bonds. The Morgan fingerprint density at radius 2 is 2.18 bits per heavy atom. The molecule has 0 bridgehead atoms. The molecule has 4 atom stereocenters. The first-order valence-corrected chi connectivity index (χ1v) is 7.22. The van der Waals surface area contributed by atoms with E-state index in [9.17, 15) is 5.11 Å². The summed E-state index contributed by atoms with van der Waals surface area (Å²) in [5, 5.41) is 10.2. The van der Waals surface area contributed by atoms with Crippen molar-refractivity contribution < 1.29 is 9.84 Å². The number of hydrogen-bond acceptors (Lipinski definition) is 3. The average Bonchev–Trinajstić information content (AvgIpc) is 2.37. The van der Waals surface area contributed by atoms with Crippen molar-refractivity contribution in [3.05, 3.63) is 0 Å². The van der Waals surface area contributed by atoms with E-state index in [0.717, 1.165) is 31.7 Å². The van der Waals surface area contributed by atoms with Crippen molar-refractivity contribution >= 4 is 0 Å².